The van der Waals surface area contributed by atoms with Crippen molar-refractivity contribution in [2.45, 2.75) is 13.8 Å². The molecule has 0 saturated carbocycles. The summed E-state index contributed by atoms with van der Waals surface area (Å²) in [5.74, 6) is 3.32. The van der Waals surface area contributed by atoms with Crippen molar-refractivity contribution in [1.82, 2.24) is 0 Å². The molecule has 0 aliphatic rings. The van der Waals surface area contributed by atoms with Gasteiger partial charge in [-0.05, 0) is 67.5 Å². The third-order valence-electron chi connectivity index (χ3n) is 3.61. The fourth-order valence-corrected chi connectivity index (χ4v) is 2.49. The highest BCUT2D eigenvalue weighted by Crippen LogP contribution is 2.25. The molecule has 5 nitrogen and oxygen atoms in total. The first-order valence-corrected chi connectivity index (χ1v) is 10.5. The second-order valence-electron chi connectivity index (χ2n) is 5.86. The molecule has 0 N–H and O–H groups in total. The van der Waals surface area contributed by atoms with Gasteiger partial charge in [-0.1, -0.05) is 31.4 Å². The lowest BCUT2D eigenvalue weighted by molar-refractivity contribution is 0.307. The van der Waals surface area contributed by atoms with Crippen LogP contribution in [0.3, 0.4) is 0 Å². The van der Waals surface area contributed by atoms with Crippen molar-refractivity contribution in [3.05, 3.63) is 103 Å². The molecule has 0 atom stereocenters. The molecule has 174 valence electrons. The summed E-state index contributed by atoms with van der Waals surface area (Å²) in [6.07, 6.45) is 6.52. The molecular weight excluding hydrogens is 485 g/mol. The molecule has 2 aromatic carbocycles. The fourth-order valence-electron chi connectivity index (χ4n) is 1.93. The normalized spacial score (nSPS) is 10.3. The first-order chi connectivity index (χ1) is 15.4. The standard InChI is InChI=1S/C9H12O2S.C7H8O2S2.C7H8OS/c1-4-8(10-3)6-7-9(5-2)11-12;1-5-2-3-6(8-10)4-7(5)9-11;1-6-3-2-4-7(5-6)8-9/h4-7,12H,1-2H2,3H3;2-4,10-11H,1H3;2-5,9H,1H3/b8-6+,9-7+;;. The van der Waals surface area contributed by atoms with Crippen LogP contribution in [0, 0.1) is 13.8 Å². The molecule has 0 spiro atoms. The van der Waals surface area contributed by atoms with Gasteiger partial charge in [0.05, 0.1) is 7.11 Å². The molecule has 0 bridgehead atoms. The number of allylic oxidation sites excluding steroid dienone is 4. The molecule has 0 unspecified atom stereocenters. The van der Waals surface area contributed by atoms with E-state index in [4.69, 9.17) is 13.1 Å². The molecule has 0 radical (unpaired) electrons. The Hall–Kier alpha value is -2.20. The fraction of sp³-hybridized carbons (Fsp3) is 0.130. The minimum absolute atomic E-state index is 0.551. The highest BCUT2D eigenvalue weighted by atomic mass is 32.1. The molecule has 0 fully saturated rings. The van der Waals surface area contributed by atoms with Crippen LogP contribution in [0.1, 0.15) is 11.1 Å². The molecule has 0 amide bonds. The van der Waals surface area contributed by atoms with Crippen LogP contribution in [0.15, 0.2) is 91.4 Å². The van der Waals surface area contributed by atoms with Gasteiger partial charge in [0.25, 0.3) is 0 Å². The highest BCUT2D eigenvalue weighted by molar-refractivity contribution is 7.75. The zero-order valence-electron chi connectivity index (χ0n) is 18.1. The zero-order chi connectivity index (χ0) is 24.4. The molecule has 0 aliphatic heterocycles. The molecule has 0 heterocycles. The van der Waals surface area contributed by atoms with E-state index in [2.05, 4.69) is 73.2 Å². The molecule has 0 aliphatic carbocycles. The first kappa shape index (κ1) is 29.8. The average molecular weight is 513 g/mol. The van der Waals surface area contributed by atoms with E-state index in [0.717, 1.165) is 11.3 Å². The number of thiol groups is 4. The summed E-state index contributed by atoms with van der Waals surface area (Å²) in [5, 5.41) is 0. The Balaban J connectivity index is 0.000000454. The molecule has 9 heteroatoms. The SMILES string of the molecule is C=C/C(=C\C=C(/C=C)OS)OC.Cc1ccc(OS)cc1OS.Cc1cccc(OS)c1. The number of aryl methyl sites for hydroxylation is 2. The number of rotatable bonds is 8. The van der Waals surface area contributed by atoms with Crippen molar-refractivity contribution in [1.29, 1.82) is 0 Å². The smallest absolute Gasteiger partial charge is 0.143 e. The van der Waals surface area contributed by atoms with E-state index in [0.29, 0.717) is 23.0 Å². The van der Waals surface area contributed by atoms with Gasteiger partial charge in [0.2, 0.25) is 0 Å². The van der Waals surface area contributed by atoms with E-state index < -0.39 is 0 Å². The predicted octanol–water partition coefficient (Wildman–Crippen LogP) is 7.29. The van der Waals surface area contributed by atoms with Gasteiger partial charge in [-0.15, -0.1) is 0 Å². The Bertz CT molecular complexity index is 874. The van der Waals surface area contributed by atoms with Crippen molar-refractivity contribution >= 4 is 51.6 Å². The van der Waals surface area contributed by atoms with Gasteiger partial charge in [0, 0.05) is 57.7 Å². The minimum Gasteiger partial charge on any atom is -0.497 e. The monoisotopic (exact) mass is 512 g/mol. The van der Waals surface area contributed by atoms with E-state index in [1.54, 1.807) is 43.5 Å². The van der Waals surface area contributed by atoms with Crippen molar-refractivity contribution in [2.75, 3.05) is 7.11 Å². The van der Waals surface area contributed by atoms with Gasteiger partial charge in [-0.25, -0.2) is 0 Å². The summed E-state index contributed by atoms with van der Waals surface area (Å²) in [6, 6.07) is 13.1. The number of hydrogen-bond acceptors (Lipinski definition) is 9. The number of benzene rings is 2. The van der Waals surface area contributed by atoms with Crippen LogP contribution in [-0.2, 0) is 8.92 Å². The predicted molar refractivity (Wildman–Crippen MR) is 145 cm³/mol. The highest BCUT2D eigenvalue weighted by Gasteiger charge is 1.99. The Morgan fingerprint density at radius 3 is 1.81 bits per heavy atom. The molecular formula is C23H28O5S4. The maximum atomic E-state index is 4.92. The number of hydrogen-bond donors (Lipinski definition) is 4. The van der Waals surface area contributed by atoms with Gasteiger partial charge in [0.1, 0.15) is 28.8 Å². The Morgan fingerprint density at radius 1 is 0.781 bits per heavy atom. The van der Waals surface area contributed by atoms with Crippen LogP contribution >= 0.6 is 51.6 Å². The van der Waals surface area contributed by atoms with Gasteiger partial charge in [-0.2, -0.15) is 0 Å². The van der Waals surface area contributed by atoms with Gasteiger partial charge in [-0.3, -0.25) is 0 Å². The lowest BCUT2D eigenvalue weighted by Gasteiger charge is -2.03. The lowest BCUT2D eigenvalue weighted by Crippen LogP contribution is -1.82. The van der Waals surface area contributed by atoms with E-state index in [9.17, 15) is 0 Å². The summed E-state index contributed by atoms with van der Waals surface area (Å²) in [5.41, 5.74) is 2.19. The maximum absolute atomic E-state index is 4.92. The van der Waals surface area contributed by atoms with Gasteiger partial charge in [0.15, 0.2) is 0 Å². The Morgan fingerprint density at radius 2 is 1.38 bits per heavy atom. The number of ether oxygens (including phenoxy) is 1. The summed E-state index contributed by atoms with van der Waals surface area (Å²) >= 11 is 14.6. The molecule has 32 heavy (non-hydrogen) atoms. The van der Waals surface area contributed by atoms with Crippen LogP contribution in [0.4, 0.5) is 0 Å². The van der Waals surface area contributed by atoms with Crippen LogP contribution in [-0.4, -0.2) is 7.11 Å². The van der Waals surface area contributed by atoms with Crippen molar-refractivity contribution in [3.63, 3.8) is 0 Å². The van der Waals surface area contributed by atoms with E-state index in [1.807, 2.05) is 44.2 Å². The van der Waals surface area contributed by atoms with E-state index in [1.165, 1.54) is 5.56 Å². The third-order valence-corrected chi connectivity index (χ3v) is 4.44. The molecule has 2 aromatic rings. The second kappa shape index (κ2) is 18.4. The molecule has 2 rings (SSSR count). The van der Waals surface area contributed by atoms with Crippen LogP contribution in [0.25, 0.3) is 0 Å². The van der Waals surface area contributed by atoms with E-state index in [-0.39, 0.29) is 0 Å². The average Bonchev–Trinajstić information content (AvgIpc) is 2.83. The summed E-state index contributed by atoms with van der Waals surface area (Å²) in [7, 11) is 1.57. The van der Waals surface area contributed by atoms with Crippen LogP contribution in [0.2, 0.25) is 0 Å². The molecule has 0 aromatic heterocycles. The second-order valence-corrected chi connectivity index (χ2v) is 6.59. The minimum atomic E-state index is 0.551. The van der Waals surface area contributed by atoms with Crippen molar-refractivity contribution < 1.29 is 21.5 Å². The summed E-state index contributed by atoms with van der Waals surface area (Å²) < 4.78 is 23.7. The summed E-state index contributed by atoms with van der Waals surface area (Å²) in [6.45, 7) is 11.0. The Kier molecular flexibility index (Phi) is 17.1. The van der Waals surface area contributed by atoms with Crippen LogP contribution < -0.4 is 12.5 Å². The lowest BCUT2D eigenvalue weighted by atomic mass is 10.2. The van der Waals surface area contributed by atoms with Crippen molar-refractivity contribution in [2.24, 2.45) is 0 Å². The largest absolute Gasteiger partial charge is 0.497 e. The molecule has 0 saturated heterocycles. The van der Waals surface area contributed by atoms with Crippen molar-refractivity contribution in [3.8, 4) is 17.2 Å². The van der Waals surface area contributed by atoms with E-state index >= 15 is 0 Å². The number of methoxy groups -OCH3 is 1. The maximum Gasteiger partial charge on any atom is 0.143 e. The quantitative estimate of drug-likeness (QED) is 0.129. The van der Waals surface area contributed by atoms with Gasteiger partial charge < -0.3 is 21.5 Å². The summed E-state index contributed by atoms with van der Waals surface area (Å²) in [4.78, 5) is 0. The Labute approximate surface area is 213 Å². The zero-order valence-corrected chi connectivity index (χ0v) is 21.7. The van der Waals surface area contributed by atoms with Crippen LogP contribution in [0.5, 0.6) is 17.2 Å². The topological polar surface area (TPSA) is 46.2 Å². The first-order valence-electron chi connectivity index (χ1n) is 9.02. The van der Waals surface area contributed by atoms with Gasteiger partial charge >= 0.3 is 0 Å². The third kappa shape index (κ3) is 12.6.